The number of nitrogens with one attached hydrogen (secondary N) is 1. The van der Waals surface area contributed by atoms with Gasteiger partial charge >= 0.3 is 5.97 Å². The molecule has 0 saturated carbocycles. The number of carbonyl (C=O) groups excluding carboxylic acids is 2. The summed E-state index contributed by atoms with van der Waals surface area (Å²) >= 11 is 1.05. The van der Waals surface area contributed by atoms with Crippen molar-refractivity contribution in [2.45, 2.75) is 13.8 Å². The summed E-state index contributed by atoms with van der Waals surface area (Å²) < 4.78 is 30.7. The number of esters is 1. The zero-order valence-electron chi connectivity index (χ0n) is 19.4. The number of fused-ring (bicyclic) bond motifs is 1. The Hall–Kier alpha value is -4.25. The van der Waals surface area contributed by atoms with Crippen molar-refractivity contribution in [1.29, 1.82) is 0 Å². The first-order valence-electron chi connectivity index (χ1n) is 11.0. The minimum atomic E-state index is -0.748. The molecule has 0 bridgehead atoms. The highest BCUT2D eigenvalue weighted by molar-refractivity contribution is 7.16. The number of thiophene rings is 1. The molecule has 9 nitrogen and oxygen atoms in total. The number of nitrogens with zero attached hydrogens (tertiary/aromatic N) is 2. The minimum absolute atomic E-state index is 0.0525. The lowest BCUT2D eigenvalue weighted by Gasteiger charge is -2.10. The highest BCUT2D eigenvalue weighted by Gasteiger charge is 2.23. The molecule has 0 radical (unpaired) electrons. The first kappa shape index (κ1) is 24.9. The summed E-state index contributed by atoms with van der Waals surface area (Å²) in [6.07, 6.45) is 0. The lowest BCUT2D eigenvalue weighted by Crippen LogP contribution is -2.26. The summed E-state index contributed by atoms with van der Waals surface area (Å²) in [7, 11) is 0. The van der Waals surface area contributed by atoms with Crippen LogP contribution in [0.2, 0.25) is 0 Å². The Bertz CT molecular complexity index is 1470. The molecule has 0 aliphatic rings. The third kappa shape index (κ3) is 5.36. The Morgan fingerprint density at radius 3 is 2.44 bits per heavy atom. The Labute approximate surface area is 209 Å². The summed E-state index contributed by atoms with van der Waals surface area (Å²) in [5, 5.41) is 8.81. The zero-order valence-corrected chi connectivity index (χ0v) is 20.3. The molecule has 186 valence electrons. The van der Waals surface area contributed by atoms with E-state index >= 15 is 0 Å². The van der Waals surface area contributed by atoms with Crippen LogP contribution in [0.1, 0.15) is 24.3 Å². The molecule has 0 saturated heterocycles. The Morgan fingerprint density at radius 1 is 1.06 bits per heavy atom. The molecule has 11 heteroatoms. The largest absolute Gasteiger partial charge is 0.494 e. The number of ether oxygens (including phenoxy) is 3. The average Bonchev–Trinajstić information content (AvgIpc) is 3.28. The normalized spacial score (nSPS) is 10.8. The molecule has 0 atom stereocenters. The minimum Gasteiger partial charge on any atom is -0.494 e. The van der Waals surface area contributed by atoms with Crippen LogP contribution in [0.3, 0.4) is 0 Å². The summed E-state index contributed by atoms with van der Waals surface area (Å²) in [5.74, 6) is -0.697. The number of hydrogen-bond acceptors (Lipinski definition) is 8. The number of halogens is 1. The van der Waals surface area contributed by atoms with Crippen LogP contribution >= 0.6 is 11.3 Å². The maximum atomic E-state index is 13.8. The number of benzene rings is 2. The van der Waals surface area contributed by atoms with E-state index in [4.69, 9.17) is 14.2 Å². The van der Waals surface area contributed by atoms with Crippen LogP contribution < -0.4 is 20.3 Å². The van der Waals surface area contributed by atoms with Crippen molar-refractivity contribution in [3.63, 3.8) is 0 Å². The summed E-state index contributed by atoms with van der Waals surface area (Å²) in [6, 6.07) is 12.0. The predicted octanol–water partition coefficient (Wildman–Crippen LogP) is 4.18. The third-order valence-electron chi connectivity index (χ3n) is 4.93. The molecule has 0 fully saturated rings. The lowest BCUT2D eigenvalue weighted by atomic mass is 10.2. The van der Waals surface area contributed by atoms with E-state index in [0.29, 0.717) is 18.1 Å². The SMILES string of the molecule is CCOC(=O)c1nn(-c2cccc(F)c2)c(=O)c2c(NC(=O)COc3ccc(OCC)cc3)scc12. The lowest BCUT2D eigenvalue weighted by molar-refractivity contribution is -0.118. The van der Waals surface area contributed by atoms with Gasteiger partial charge < -0.3 is 19.5 Å². The summed E-state index contributed by atoms with van der Waals surface area (Å²) in [4.78, 5) is 38.5. The van der Waals surface area contributed by atoms with Crippen LogP contribution in [0.25, 0.3) is 16.5 Å². The van der Waals surface area contributed by atoms with Crippen molar-refractivity contribution >= 4 is 39.0 Å². The first-order chi connectivity index (χ1) is 17.4. The fraction of sp³-hybridized carbons (Fsp3) is 0.200. The molecule has 0 aliphatic carbocycles. The molecule has 1 N–H and O–H groups in total. The van der Waals surface area contributed by atoms with E-state index in [1.54, 1.807) is 31.2 Å². The Morgan fingerprint density at radius 2 is 1.78 bits per heavy atom. The molecular formula is C25H22FN3O6S. The Balaban J connectivity index is 1.64. The molecule has 0 aliphatic heterocycles. The van der Waals surface area contributed by atoms with Crippen molar-refractivity contribution in [2.75, 3.05) is 25.1 Å². The smallest absolute Gasteiger partial charge is 0.359 e. The number of rotatable bonds is 9. The molecule has 0 unspecified atom stereocenters. The van der Waals surface area contributed by atoms with Gasteiger partial charge in [-0.3, -0.25) is 9.59 Å². The highest BCUT2D eigenvalue weighted by Crippen LogP contribution is 2.30. The van der Waals surface area contributed by atoms with Gasteiger partial charge in [0.15, 0.2) is 12.3 Å². The molecule has 2 heterocycles. The second-order valence-corrected chi connectivity index (χ2v) is 8.24. The van der Waals surface area contributed by atoms with Gasteiger partial charge in [-0.25, -0.2) is 9.18 Å². The topological polar surface area (TPSA) is 109 Å². The zero-order chi connectivity index (χ0) is 25.7. The molecule has 0 spiro atoms. The molecule has 2 aromatic heterocycles. The van der Waals surface area contributed by atoms with Crippen LogP contribution in [-0.4, -0.2) is 41.5 Å². The van der Waals surface area contributed by atoms with E-state index in [9.17, 15) is 18.8 Å². The number of anilines is 1. The van der Waals surface area contributed by atoms with E-state index < -0.39 is 23.3 Å². The van der Waals surface area contributed by atoms with Crippen molar-refractivity contribution in [3.8, 4) is 17.2 Å². The van der Waals surface area contributed by atoms with Crippen LogP contribution in [-0.2, 0) is 9.53 Å². The average molecular weight is 512 g/mol. The standard InChI is InChI=1S/C25H22FN3O6S/c1-3-33-17-8-10-18(11-9-17)35-13-20(30)27-23-21-19(14-36-23)22(25(32)34-4-2)28-29(24(21)31)16-7-5-6-15(26)12-16/h5-12,14H,3-4,13H2,1-2H3,(H,27,30). The van der Waals surface area contributed by atoms with Crippen molar-refractivity contribution in [3.05, 3.63) is 75.8 Å². The van der Waals surface area contributed by atoms with Gasteiger partial charge in [0, 0.05) is 10.8 Å². The van der Waals surface area contributed by atoms with Crippen molar-refractivity contribution in [2.24, 2.45) is 0 Å². The number of hydrogen-bond donors (Lipinski definition) is 1. The van der Waals surface area contributed by atoms with Crippen LogP contribution in [0.4, 0.5) is 9.39 Å². The summed E-state index contributed by atoms with van der Waals surface area (Å²) in [5.41, 5.74) is -0.638. The number of amides is 1. The van der Waals surface area contributed by atoms with Gasteiger partial charge in [-0.15, -0.1) is 11.3 Å². The van der Waals surface area contributed by atoms with Gasteiger partial charge in [0.1, 0.15) is 22.3 Å². The fourth-order valence-corrected chi connectivity index (χ4v) is 4.34. The quantitative estimate of drug-likeness (QED) is 0.336. The van der Waals surface area contributed by atoms with Crippen LogP contribution in [0.5, 0.6) is 11.5 Å². The molecule has 1 amide bonds. The second kappa shape index (κ2) is 11.0. The third-order valence-corrected chi connectivity index (χ3v) is 5.83. The molecular weight excluding hydrogens is 489 g/mol. The summed E-state index contributed by atoms with van der Waals surface area (Å²) in [6.45, 7) is 3.83. The van der Waals surface area contributed by atoms with E-state index in [1.165, 1.54) is 23.6 Å². The second-order valence-electron chi connectivity index (χ2n) is 7.36. The molecule has 4 aromatic rings. The van der Waals surface area contributed by atoms with Gasteiger partial charge in [-0.1, -0.05) is 6.07 Å². The van der Waals surface area contributed by atoms with Crippen molar-refractivity contribution in [1.82, 2.24) is 9.78 Å². The van der Waals surface area contributed by atoms with Crippen LogP contribution in [0, 0.1) is 5.82 Å². The van der Waals surface area contributed by atoms with Gasteiger partial charge in [0.25, 0.3) is 11.5 Å². The van der Waals surface area contributed by atoms with E-state index in [1.807, 2.05) is 6.92 Å². The fourth-order valence-electron chi connectivity index (χ4n) is 3.39. The van der Waals surface area contributed by atoms with E-state index in [-0.39, 0.29) is 40.4 Å². The van der Waals surface area contributed by atoms with Gasteiger partial charge in [-0.2, -0.15) is 9.78 Å². The number of aromatic nitrogens is 2. The molecule has 2 aromatic carbocycles. The highest BCUT2D eigenvalue weighted by atomic mass is 32.1. The van der Waals surface area contributed by atoms with E-state index in [2.05, 4.69) is 10.4 Å². The number of carbonyl (C=O) groups is 2. The Kier molecular flexibility index (Phi) is 7.59. The van der Waals surface area contributed by atoms with Crippen LogP contribution in [0.15, 0.2) is 58.7 Å². The van der Waals surface area contributed by atoms with Crippen molar-refractivity contribution < 1.29 is 28.2 Å². The first-order valence-corrected chi connectivity index (χ1v) is 11.9. The predicted molar refractivity (Wildman–Crippen MR) is 133 cm³/mol. The monoisotopic (exact) mass is 511 g/mol. The van der Waals surface area contributed by atoms with Gasteiger partial charge in [-0.05, 0) is 56.3 Å². The molecule has 36 heavy (non-hydrogen) atoms. The maximum absolute atomic E-state index is 13.8. The maximum Gasteiger partial charge on any atom is 0.359 e. The van der Waals surface area contributed by atoms with E-state index in [0.717, 1.165) is 22.1 Å². The molecule has 4 rings (SSSR count). The van der Waals surface area contributed by atoms with Gasteiger partial charge in [0.05, 0.1) is 24.3 Å². The van der Waals surface area contributed by atoms with Gasteiger partial charge in [0.2, 0.25) is 0 Å².